The minimum Gasteiger partial charge on any atom is -0.342 e. The predicted octanol–water partition coefficient (Wildman–Crippen LogP) is 1.45. The number of carbonyl (C=O) groups excluding carboxylic acids is 2. The highest BCUT2D eigenvalue weighted by molar-refractivity contribution is 7.91. The van der Waals surface area contributed by atoms with Gasteiger partial charge in [0.15, 0.2) is 9.84 Å². The summed E-state index contributed by atoms with van der Waals surface area (Å²) in [6.07, 6.45) is 3.40. The van der Waals surface area contributed by atoms with E-state index in [4.69, 9.17) is 0 Å². The van der Waals surface area contributed by atoms with Gasteiger partial charge >= 0.3 is 0 Å². The summed E-state index contributed by atoms with van der Waals surface area (Å²) < 4.78 is 23.5. The molecule has 1 aliphatic heterocycles. The van der Waals surface area contributed by atoms with Gasteiger partial charge in [0.1, 0.15) is 5.41 Å². The highest BCUT2D eigenvalue weighted by atomic mass is 32.2. The molecular weight excluding hydrogens is 328 g/mol. The normalized spacial score (nSPS) is 23.7. The molecule has 0 N–H and O–H groups in total. The Morgan fingerprint density at radius 1 is 1.04 bits per heavy atom. The molecule has 0 spiro atoms. The molecule has 24 heavy (non-hydrogen) atoms. The third kappa shape index (κ3) is 3.76. The van der Waals surface area contributed by atoms with Gasteiger partial charge in [0, 0.05) is 25.7 Å². The molecule has 0 radical (unpaired) electrons. The molecule has 1 unspecified atom stereocenters. The first kappa shape index (κ1) is 19.2. The smallest absolute Gasteiger partial charge is 0.238 e. The summed E-state index contributed by atoms with van der Waals surface area (Å²) in [5.41, 5.74) is -0.924. The Hall–Kier alpha value is -1.11. The number of hydrogen-bond donors (Lipinski definition) is 0. The Balaban J connectivity index is 2.15. The lowest BCUT2D eigenvalue weighted by atomic mass is 10.0. The van der Waals surface area contributed by atoms with Crippen LogP contribution in [0.2, 0.25) is 0 Å². The molecule has 1 atom stereocenters. The first-order chi connectivity index (χ1) is 11.3. The first-order valence-corrected chi connectivity index (χ1v) is 10.9. The van der Waals surface area contributed by atoms with Crippen molar-refractivity contribution in [3.05, 3.63) is 0 Å². The number of hydrogen-bond acceptors (Lipinski definition) is 4. The number of amides is 2. The quantitative estimate of drug-likeness (QED) is 0.616. The van der Waals surface area contributed by atoms with Gasteiger partial charge in [-0.3, -0.25) is 9.59 Å². The average Bonchev–Trinajstić information content (AvgIpc) is 3.27. The van der Waals surface area contributed by atoms with Crippen molar-refractivity contribution >= 4 is 21.7 Å². The molecule has 0 aromatic rings. The van der Waals surface area contributed by atoms with Gasteiger partial charge in [-0.05, 0) is 39.0 Å². The van der Waals surface area contributed by atoms with Crippen LogP contribution >= 0.6 is 0 Å². The van der Waals surface area contributed by atoms with Crippen molar-refractivity contribution in [3.8, 4) is 0 Å². The number of carbonyl (C=O) groups is 2. The van der Waals surface area contributed by atoms with Crippen LogP contribution in [-0.4, -0.2) is 67.2 Å². The standard InChI is InChI=1S/C17H30N2O4S/c1-4-10-18(11-5-2)15(20)17(8-9-17)16(21)19(6-3)14-7-12-24(22,23)13-14/h14H,4-13H2,1-3H3. The van der Waals surface area contributed by atoms with E-state index < -0.39 is 15.3 Å². The van der Waals surface area contributed by atoms with Crippen molar-refractivity contribution in [2.45, 2.75) is 58.9 Å². The van der Waals surface area contributed by atoms with Crippen molar-refractivity contribution in [2.75, 3.05) is 31.1 Å². The van der Waals surface area contributed by atoms with Crippen LogP contribution < -0.4 is 0 Å². The fourth-order valence-corrected chi connectivity index (χ4v) is 5.40. The van der Waals surface area contributed by atoms with Crippen LogP contribution in [0.4, 0.5) is 0 Å². The van der Waals surface area contributed by atoms with E-state index in [9.17, 15) is 18.0 Å². The van der Waals surface area contributed by atoms with Crippen molar-refractivity contribution in [3.63, 3.8) is 0 Å². The number of sulfone groups is 1. The van der Waals surface area contributed by atoms with Gasteiger partial charge < -0.3 is 9.80 Å². The zero-order valence-corrected chi connectivity index (χ0v) is 15.9. The summed E-state index contributed by atoms with van der Waals surface area (Å²) in [7, 11) is -3.05. The minimum atomic E-state index is -3.05. The first-order valence-electron chi connectivity index (χ1n) is 9.12. The highest BCUT2D eigenvalue weighted by Crippen LogP contribution is 2.49. The lowest BCUT2D eigenvalue weighted by molar-refractivity contribution is -0.150. The number of rotatable bonds is 8. The largest absolute Gasteiger partial charge is 0.342 e. The second-order valence-electron chi connectivity index (χ2n) is 7.02. The molecule has 2 amide bonds. The maximum atomic E-state index is 13.1. The molecule has 0 bridgehead atoms. The summed E-state index contributed by atoms with van der Waals surface area (Å²) >= 11 is 0. The van der Waals surface area contributed by atoms with Crippen molar-refractivity contribution in [2.24, 2.45) is 5.41 Å². The van der Waals surface area contributed by atoms with Gasteiger partial charge in [-0.2, -0.15) is 0 Å². The SMILES string of the molecule is CCCN(CCC)C(=O)C1(C(=O)N(CC)C2CCS(=O)(=O)C2)CC1. The fraction of sp³-hybridized carbons (Fsp3) is 0.882. The second-order valence-corrected chi connectivity index (χ2v) is 9.25. The lowest BCUT2D eigenvalue weighted by Crippen LogP contribution is -2.50. The van der Waals surface area contributed by atoms with Crippen LogP contribution in [0.5, 0.6) is 0 Å². The zero-order valence-electron chi connectivity index (χ0n) is 15.1. The maximum Gasteiger partial charge on any atom is 0.238 e. The molecule has 1 saturated carbocycles. The van der Waals surface area contributed by atoms with Gasteiger partial charge in [0.05, 0.1) is 11.5 Å². The van der Waals surface area contributed by atoms with E-state index in [2.05, 4.69) is 0 Å². The van der Waals surface area contributed by atoms with E-state index in [1.54, 1.807) is 4.90 Å². The molecule has 1 heterocycles. The van der Waals surface area contributed by atoms with Crippen LogP contribution in [0.1, 0.15) is 52.9 Å². The molecule has 0 aromatic heterocycles. The summed E-state index contributed by atoms with van der Waals surface area (Å²) in [5.74, 6) is -0.0465. The summed E-state index contributed by atoms with van der Waals surface area (Å²) in [4.78, 5) is 29.5. The summed E-state index contributed by atoms with van der Waals surface area (Å²) in [6, 6.07) is -0.274. The molecule has 7 heteroatoms. The van der Waals surface area contributed by atoms with E-state index in [1.165, 1.54) is 0 Å². The Morgan fingerprint density at radius 2 is 1.62 bits per heavy atom. The molecular formula is C17H30N2O4S. The molecule has 0 aromatic carbocycles. The Bertz CT molecular complexity index is 577. The summed E-state index contributed by atoms with van der Waals surface area (Å²) in [5, 5.41) is 0. The maximum absolute atomic E-state index is 13.1. The third-order valence-corrected chi connectivity index (χ3v) is 6.84. The van der Waals surface area contributed by atoms with Gasteiger partial charge in [-0.1, -0.05) is 13.8 Å². The van der Waals surface area contributed by atoms with E-state index in [0.717, 1.165) is 12.8 Å². The molecule has 2 fully saturated rings. The van der Waals surface area contributed by atoms with Crippen molar-refractivity contribution in [1.82, 2.24) is 9.80 Å². The summed E-state index contributed by atoms with van der Waals surface area (Å²) in [6.45, 7) is 7.71. The van der Waals surface area contributed by atoms with Crippen LogP contribution in [0.25, 0.3) is 0 Å². The van der Waals surface area contributed by atoms with E-state index >= 15 is 0 Å². The molecule has 2 rings (SSSR count). The van der Waals surface area contributed by atoms with Gasteiger partial charge in [-0.15, -0.1) is 0 Å². The minimum absolute atomic E-state index is 0.0322. The zero-order chi connectivity index (χ0) is 18.0. The second kappa shape index (κ2) is 7.42. The van der Waals surface area contributed by atoms with E-state index in [-0.39, 0.29) is 29.4 Å². The Kier molecular flexibility index (Phi) is 5.94. The van der Waals surface area contributed by atoms with E-state index in [0.29, 0.717) is 38.9 Å². The average molecular weight is 359 g/mol. The van der Waals surface area contributed by atoms with Crippen LogP contribution in [0, 0.1) is 5.41 Å². The third-order valence-electron chi connectivity index (χ3n) is 5.09. The van der Waals surface area contributed by atoms with Crippen molar-refractivity contribution < 1.29 is 18.0 Å². The van der Waals surface area contributed by atoms with Gasteiger partial charge in [-0.25, -0.2) is 8.42 Å². The van der Waals surface area contributed by atoms with Crippen LogP contribution in [0.15, 0.2) is 0 Å². The molecule has 2 aliphatic rings. The van der Waals surface area contributed by atoms with Gasteiger partial charge in [0.2, 0.25) is 11.8 Å². The van der Waals surface area contributed by atoms with E-state index in [1.807, 2.05) is 25.7 Å². The van der Waals surface area contributed by atoms with Gasteiger partial charge in [0.25, 0.3) is 0 Å². The monoisotopic (exact) mass is 358 g/mol. The lowest BCUT2D eigenvalue weighted by Gasteiger charge is -2.33. The van der Waals surface area contributed by atoms with Crippen LogP contribution in [-0.2, 0) is 19.4 Å². The molecule has 1 saturated heterocycles. The molecule has 138 valence electrons. The molecule has 6 nitrogen and oxygen atoms in total. The molecule has 1 aliphatic carbocycles. The Labute approximate surface area is 145 Å². The topological polar surface area (TPSA) is 74.8 Å². The Morgan fingerprint density at radius 3 is 2.00 bits per heavy atom. The van der Waals surface area contributed by atoms with Crippen LogP contribution in [0.3, 0.4) is 0 Å². The van der Waals surface area contributed by atoms with Crippen molar-refractivity contribution in [1.29, 1.82) is 0 Å². The fourth-order valence-electron chi connectivity index (χ4n) is 3.67. The number of nitrogens with zero attached hydrogens (tertiary/aromatic N) is 2. The highest BCUT2D eigenvalue weighted by Gasteiger charge is 2.60. The predicted molar refractivity (Wildman–Crippen MR) is 93.3 cm³/mol.